The predicted molar refractivity (Wildman–Crippen MR) is 83.3 cm³/mol. The van der Waals surface area contributed by atoms with Gasteiger partial charge in [-0.1, -0.05) is 12.2 Å². The van der Waals surface area contributed by atoms with Crippen LogP contribution in [0, 0.1) is 6.92 Å². The van der Waals surface area contributed by atoms with Crippen LogP contribution in [0.5, 0.6) is 0 Å². The van der Waals surface area contributed by atoms with Crippen LogP contribution in [0.1, 0.15) is 29.7 Å². The second-order valence-corrected chi connectivity index (χ2v) is 4.98. The molecule has 0 spiro atoms. The quantitative estimate of drug-likeness (QED) is 0.838. The molecule has 0 aliphatic carbocycles. The lowest BCUT2D eigenvalue weighted by molar-refractivity contribution is 0.880. The van der Waals surface area contributed by atoms with Crippen molar-refractivity contribution in [2.24, 2.45) is 5.73 Å². The van der Waals surface area contributed by atoms with E-state index < -0.39 is 0 Å². The van der Waals surface area contributed by atoms with Gasteiger partial charge < -0.3 is 11.1 Å². The summed E-state index contributed by atoms with van der Waals surface area (Å²) in [6.45, 7) is 4.13. The summed E-state index contributed by atoms with van der Waals surface area (Å²) in [5, 5.41) is 3.45. The third-order valence-electron chi connectivity index (χ3n) is 3.08. The number of aromatic nitrogens is 1. The fourth-order valence-electron chi connectivity index (χ4n) is 2.02. The molecule has 0 saturated carbocycles. The van der Waals surface area contributed by atoms with Crippen molar-refractivity contribution in [3.8, 4) is 0 Å². The molecule has 3 nitrogen and oxygen atoms in total. The van der Waals surface area contributed by atoms with Gasteiger partial charge in [-0.05, 0) is 55.3 Å². The monoisotopic (exact) mass is 271 g/mol. The molecule has 1 unspecified atom stereocenters. The maximum atomic E-state index is 5.66. The van der Waals surface area contributed by atoms with E-state index in [0.717, 1.165) is 16.8 Å². The zero-order chi connectivity index (χ0) is 13.8. The highest BCUT2D eigenvalue weighted by Crippen LogP contribution is 2.21. The molecule has 0 amide bonds. The van der Waals surface area contributed by atoms with E-state index >= 15 is 0 Å². The predicted octanol–water partition coefficient (Wildman–Crippen LogP) is 3.20. The molecule has 19 heavy (non-hydrogen) atoms. The Morgan fingerprint density at radius 1 is 1.26 bits per heavy atom. The Labute approximate surface area is 118 Å². The number of hydrogen-bond acceptors (Lipinski definition) is 3. The molecule has 0 saturated heterocycles. The topological polar surface area (TPSA) is 50.9 Å². The molecule has 0 fully saturated rings. The van der Waals surface area contributed by atoms with Gasteiger partial charge in [-0.25, -0.2) is 0 Å². The highest BCUT2D eigenvalue weighted by Gasteiger charge is 2.07. The fraction of sp³-hybridized carbons (Fsp3) is 0.200. The second kappa shape index (κ2) is 5.80. The first-order valence-electron chi connectivity index (χ1n) is 6.15. The number of nitrogens with two attached hydrogens (primary N) is 1. The molecule has 0 aliphatic heterocycles. The van der Waals surface area contributed by atoms with Crippen molar-refractivity contribution in [1.82, 2.24) is 4.98 Å². The molecule has 4 heteroatoms. The smallest absolute Gasteiger partial charge is 0.104 e. The molecular formula is C15H17N3S. The van der Waals surface area contributed by atoms with Crippen LogP contribution < -0.4 is 11.1 Å². The number of nitrogens with zero attached hydrogens (tertiary/aromatic N) is 1. The summed E-state index contributed by atoms with van der Waals surface area (Å²) in [5.74, 6) is 0. The van der Waals surface area contributed by atoms with Crippen molar-refractivity contribution >= 4 is 22.9 Å². The van der Waals surface area contributed by atoms with Crippen molar-refractivity contribution in [3.63, 3.8) is 0 Å². The van der Waals surface area contributed by atoms with Crippen LogP contribution in [0.3, 0.4) is 0 Å². The lowest BCUT2D eigenvalue weighted by Gasteiger charge is -2.16. The van der Waals surface area contributed by atoms with E-state index in [0.29, 0.717) is 4.99 Å². The number of pyridine rings is 1. The van der Waals surface area contributed by atoms with E-state index in [4.69, 9.17) is 18.0 Å². The number of benzene rings is 1. The highest BCUT2D eigenvalue weighted by molar-refractivity contribution is 7.80. The number of hydrogen-bond donors (Lipinski definition) is 2. The largest absolute Gasteiger partial charge is 0.389 e. The minimum Gasteiger partial charge on any atom is -0.389 e. The van der Waals surface area contributed by atoms with Gasteiger partial charge in [0, 0.05) is 29.7 Å². The average molecular weight is 271 g/mol. The Bertz CT molecular complexity index is 581. The van der Waals surface area contributed by atoms with Crippen molar-refractivity contribution in [1.29, 1.82) is 0 Å². The zero-order valence-electron chi connectivity index (χ0n) is 11.1. The average Bonchev–Trinajstić information content (AvgIpc) is 2.39. The third kappa shape index (κ3) is 3.29. The second-order valence-electron chi connectivity index (χ2n) is 4.54. The molecule has 0 radical (unpaired) electrons. The van der Waals surface area contributed by atoms with Crippen molar-refractivity contribution in [2.75, 3.05) is 5.32 Å². The lowest BCUT2D eigenvalue weighted by atomic mass is 10.1. The Hall–Kier alpha value is -1.94. The minimum absolute atomic E-state index is 0.220. The van der Waals surface area contributed by atoms with Gasteiger partial charge in [0.25, 0.3) is 0 Å². The first-order valence-corrected chi connectivity index (χ1v) is 6.55. The van der Waals surface area contributed by atoms with Crippen LogP contribution in [0.2, 0.25) is 0 Å². The molecule has 2 aromatic rings. The summed E-state index contributed by atoms with van der Waals surface area (Å²) < 4.78 is 0. The Kier molecular flexibility index (Phi) is 4.12. The normalized spacial score (nSPS) is 11.9. The van der Waals surface area contributed by atoms with Crippen LogP contribution in [0.25, 0.3) is 0 Å². The van der Waals surface area contributed by atoms with E-state index in [1.165, 1.54) is 5.56 Å². The van der Waals surface area contributed by atoms with Crippen molar-refractivity contribution in [2.45, 2.75) is 19.9 Å². The number of thiocarbonyl (C=S) groups is 1. The number of anilines is 1. The maximum Gasteiger partial charge on any atom is 0.104 e. The minimum atomic E-state index is 0.220. The number of rotatable bonds is 4. The molecule has 98 valence electrons. The van der Waals surface area contributed by atoms with Gasteiger partial charge >= 0.3 is 0 Å². The van der Waals surface area contributed by atoms with Crippen LogP contribution >= 0.6 is 12.2 Å². The molecule has 2 rings (SSSR count). The van der Waals surface area contributed by atoms with Gasteiger partial charge in [-0.3, -0.25) is 4.98 Å². The van der Waals surface area contributed by atoms with Gasteiger partial charge in [-0.15, -0.1) is 0 Å². The van der Waals surface area contributed by atoms with E-state index in [-0.39, 0.29) is 6.04 Å². The molecule has 1 aromatic heterocycles. The zero-order valence-corrected chi connectivity index (χ0v) is 11.9. The molecule has 1 atom stereocenters. The van der Waals surface area contributed by atoms with E-state index in [9.17, 15) is 0 Å². The molecule has 1 heterocycles. The molecular weight excluding hydrogens is 254 g/mol. The Morgan fingerprint density at radius 2 is 1.95 bits per heavy atom. The molecule has 3 N–H and O–H groups in total. The lowest BCUT2D eigenvalue weighted by Crippen LogP contribution is -2.12. The summed E-state index contributed by atoms with van der Waals surface area (Å²) in [5.41, 5.74) is 9.93. The van der Waals surface area contributed by atoms with E-state index in [2.05, 4.69) is 23.3 Å². The van der Waals surface area contributed by atoms with Crippen LogP contribution in [0.4, 0.5) is 5.69 Å². The molecule has 0 aliphatic rings. The number of aryl methyl sites for hydroxylation is 1. The van der Waals surface area contributed by atoms with Gasteiger partial charge in [0.05, 0.1) is 0 Å². The summed E-state index contributed by atoms with van der Waals surface area (Å²) in [4.78, 5) is 4.46. The van der Waals surface area contributed by atoms with E-state index in [1.54, 1.807) is 12.4 Å². The SMILES string of the molecule is Cc1cc(NC(C)c2ccncc2)ccc1C(N)=S. The summed E-state index contributed by atoms with van der Waals surface area (Å²) in [7, 11) is 0. The number of nitrogens with one attached hydrogen (secondary N) is 1. The summed E-state index contributed by atoms with van der Waals surface area (Å²) in [6, 6.07) is 10.3. The first-order chi connectivity index (χ1) is 9.08. The molecule has 0 bridgehead atoms. The van der Waals surface area contributed by atoms with Gasteiger partial charge in [-0.2, -0.15) is 0 Å². The van der Waals surface area contributed by atoms with Crippen molar-refractivity contribution in [3.05, 3.63) is 59.4 Å². The van der Waals surface area contributed by atoms with E-state index in [1.807, 2.05) is 31.2 Å². The van der Waals surface area contributed by atoms with Gasteiger partial charge in [0.15, 0.2) is 0 Å². The fourth-order valence-corrected chi connectivity index (χ4v) is 2.24. The Morgan fingerprint density at radius 3 is 2.53 bits per heavy atom. The Balaban J connectivity index is 2.16. The molecule has 1 aromatic carbocycles. The van der Waals surface area contributed by atoms with Crippen molar-refractivity contribution < 1.29 is 0 Å². The van der Waals surface area contributed by atoms with Crippen LogP contribution in [0.15, 0.2) is 42.7 Å². The van der Waals surface area contributed by atoms with Gasteiger partial charge in [0.2, 0.25) is 0 Å². The highest BCUT2D eigenvalue weighted by atomic mass is 32.1. The first kappa shape index (κ1) is 13.5. The standard InChI is InChI=1S/C15H17N3S/c1-10-9-13(3-4-14(10)15(16)19)18-11(2)12-5-7-17-8-6-12/h3-9,11,18H,1-2H3,(H2,16,19). The van der Waals surface area contributed by atoms with Crippen LogP contribution in [-0.4, -0.2) is 9.97 Å². The van der Waals surface area contributed by atoms with Gasteiger partial charge in [0.1, 0.15) is 4.99 Å². The van der Waals surface area contributed by atoms with Crippen LogP contribution in [-0.2, 0) is 0 Å². The summed E-state index contributed by atoms with van der Waals surface area (Å²) >= 11 is 5.01. The summed E-state index contributed by atoms with van der Waals surface area (Å²) in [6.07, 6.45) is 3.60. The maximum absolute atomic E-state index is 5.66. The third-order valence-corrected chi connectivity index (χ3v) is 3.30.